The Balaban J connectivity index is 1.62. The van der Waals surface area contributed by atoms with Gasteiger partial charge < -0.3 is 5.32 Å². The van der Waals surface area contributed by atoms with Crippen LogP contribution in [-0.2, 0) is 11.2 Å². The SMILES string of the molecule is CN(CC(=O)NC(C)(C#N)C1CC1)C1CCc2ccccc21. The number of rotatable bonds is 5. The van der Waals surface area contributed by atoms with E-state index < -0.39 is 5.54 Å². The molecule has 0 heterocycles. The Morgan fingerprint density at radius 3 is 2.82 bits per heavy atom. The topological polar surface area (TPSA) is 56.1 Å². The van der Waals surface area contributed by atoms with E-state index in [0.29, 0.717) is 18.5 Å². The second kappa shape index (κ2) is 5.73. The zero-order chi connectivity index (χ0) is 15.7. The van der Waals surface area contributed by atoms with Gasteiger partial charge >= 0.3 is 0 Å². The molecule has 1 aromatic rings. The van der Waals surface area contributed by atoms with Crippen molar-refractivity contribution in [2.75, 3.05) is 13.6 Å². The Kier molecular flexibility index (Phi) is 3.92. The van der Waals surface area contributed by atoms with Gasteiger partial charge in [0, 0.05) is 6.04 Å². The molecule has 22 heavy (non-hydrogen) atoms. The standard InChI is InChI=1S/C18H23N3O/c1-18(12-19,14-8-9-14)20-17(22)11-21(2)16-10-7-13-5-3-4-6-15(13)16/h3-6,14,16H,7-11H2,1-2H3,(H,20,22). The fraction of sp³-hybridized carbons (Fsp3) is 0.556. The van der Waals surface area contributed by atoms with Crippen molar-refractivity contribution in [3.63, 3.8) is 0 Å². The second-order valence-corrected chi connectivity index (χ2v) is 6.81. The number of hydrogen-bond donors (Lipinski definition) is 1. The highest BCUT2D eigenvalue weighted by atomic mass is 16.2. The van der Waals surface area contributed by atoms with Crippen LogP contribution in [0.15, 0.2) is 24.3 Å². The molecule has 4 nitrogen and oxygen atoms in total. The molecule has 0 aromatic heterocycles. The lowest BCUT2D eigenvalue weighted by molar-refractivity contribution is -0.123. The van der Waals surface area contributed by atoms with Gasteiger partial charge in [-0.15, -0.1) is 0 Å². The second-order valence-electron chi connectivity index (χ2n) is 6.81. The minimum absolute atomic E-state index is 0.0529. The minimum atomic E-state index is -0.703. The predicted octanol–water partition coefficient (Wildman–Crippen LogP) is 2.41. The van der Waals surface area contributed by atoms with Gasteiger partial charge in [0.2, 0.25) is 5.91 Å². The Labute approximate surface area is 132 Å². The highest BCUT2D eigenvalue weighted by Gasteiger charge is 2.43. The molecule has 0 spiro atoms. The van der Waals surface area contributed by atoms with Gasteiger partial charge in [-0.3, -0.25) is 9.69 Å². The van der Waals surface area contributed by atoms with Gasteiger partial charge in [0.05, 0.1) is 12.6 Å². The van der Waals surface area contributed by atoms with Crippen molar-refractivity contribution < 1.29 is 4.79 Å². The third-order valence-electron chi connectivity index (χ3n) is 5.05. The van der Waals surface area contributed by atoms with Crippen molar-refractivity contribution in [2.24, 2.45) is 5.92 Å². The molecule has 2 aliphatic rings. The van der Waals surface area contributed by atoms with Gasteiger partial charge in [-0.05, 0) is 56.7 Å². The summed E-state index contributed by atoms with van der Waals surface area (Å²) in [6.07, 6.45) is 4.21. The van der Waals surface area contributed by atoms with Gasteiger partial charge in [-0.1, -0.05) is 24.3 Å². The molecule has 0 aliphatic heterocycles. The van der Waals surface area contributed by atoms with E-state index in [1.807, 2.05) is 14.0 Å². The molecule has 2 aliphatic carbocycles. The van der Waals surface area contributed by atoms with Crippen LogP contribution in [0.2, 0.25) is 0 Å². The van der Waals surface area contributed by atoms with Crippen LogP contribution in [0.4, 0.5) is 0 Å². The molecule has 1 aromatic carbocycles. The summed E-state index contributed by atoms with van der Waals surface area (Å²) in [5.74, 6) is 0.266. The molecule has 0 radical (unpaired) electrons. The fourth-order valence-corrected chi connectivity index (χ4v) is 3.54. The van der Waals surface area contributed by atoms with E-state index >= 15 is 0 Å². The summed E-state index contributed by atoms with van der Waals surface area (Å²) in [5, 5.41) is 12.3. The van der Waals surface area contributed by atoms with E-state index in [2.05, 4.69) is 40.6 Å². The number of benzene rings is 1. The molecule has 0 saturated heterocycles. The van der Waals surface area contributed by atoms with E-state index in [0.717, 1.165) is 25.7 Å². The lowest BCUT2D eigenvalue weighted by Gasteiger charge is -2.28. The first-order chi connectivity index (χ1) is 10.5. The minimum Gasteiger partial charge on any atom is -0.337 e. The van der Waals surface area contributed by atoms with Crippen molar-refractivity contribution in [1.82, 2.24) is 10.2 Å². The van der Waals surface area contributed by atoms with Crippen LogP contribution in [-0.4, -0.2) is 29.9 Å². The molecular weight excluding hydrogens is 274 g/mol. The zero-order valence-corrected chi connectivity index (χ0v) is 13.3. The number of nitrogens with zero attached hydrogens (tertiary/aromatic N) is 2. The molecule has 116 valence electrons. The number of nitrogens with one attached hydrogen (secondary N) is 1. The van der Waals surface area contributed by atoms with Crippen molar-refractivity contribution >= 4 is 5.91 Å². The van der Waals surface area contributed by atoms with E-state index in [9.17, 15) is 10.1 Å². The van der Waals surface area contributed by atoms with Gasteiger partial charge in [-0.25, -0.2) is 0 Å². The number of carbonyl (C=O) groups excluding carboxylic acids is 1. The molecule has 0 bridgehead atoms. The van der Waals surface area contributed by atoms with Crippen LogP contribution in [0.5, 0.6) is 0 Å². The lowest BCUT2D eigenvalue weighted by atomic mass is 9.98. The number of carbonyl (C=O) groups is 1. The van der Waals surface area contributed by atoms with Gasteiger partial charge in [0.15, 0.2) is 0 Å². The highest BCUT2D eigenvalue weighted by molar-refractivity contribution is 5.79. The molecule has 1 saturated carbocycles. The fourth-order valence-electron chi connectivity index (χ4n) is 3.54. The number of aryl methyl sites for hydroxylation is 1. The first-order valence-corrected chi connectivity index (χ1v) is 8.04. The molecule has 2 atom stereocenters. The molecule has 1 N–H and O–H groups in total. The summed E-state index contributed by atoms with van der Waals surface area (Å²) in [6.45, 7) is 2.18. The predicted molar refractivity (Wildman–Crippen MR) is 85.0 cm³/mol. The summed E-state index contributed by atoms with van der Waals surface area (Å²) in [7, 11) is 1.99. The van der Waals surface area contributed by atoms with Gasteiger partial charge in [-0.2, -0.15) is 5.26 Å². The normalized spacial score (nSPS) is 22.7. The maximum atomic E-state index is 12.3. The number of nitriles is 1. The van der Waals surface area contributed by atoms with Crippen LogP contribution in [0.25, 0.3) is 0 Å². The monoisotopic (exact) mass is 297 g/mol. The van der Waals surface area contributed by atoms with Crippen LogP contribution < -0.4 is 5.32 Å². The average molecular weight is 297 g/mol. The molecular formula is C18H23N3O. The summed E-state index contributed by atoms with van der Waals surface area (Å²) in [5.41, 5.74) is 2.02. The first kappa shape index (κ1) is 15.1. The Morgan fingerprint density at radius 2 is 2.14 bits per heavy atom. The van der Waals surface area contributed by atoms with Crippen molar-refractivity contribution in [3.8, 4) is 6.07 Å². The highest BCUT2D eigenvalue weighted by Crippen LogP contribution is 2.39. The maximum absolute atomic E-state index is 12.3. The average Bonchev–Trinajstić information content (AvgIpc) is 3.27. The van der Waals surface area contributed by atoms with E-state index in [-0.39, 0.29) is 5.91 Å². The Hall–Kier alpha value is -1.86. The summed E-state index contributed by atoms with van der Waals surface area (Å²) in [6, 6.07) is 11.0. The molecule has 1 fully saturated rings. The van der Waals surface area contributed by atoms with E-state index in [1.54, 1.807) is 0 Å². The Morgan fingerprint density at radius 1 is 1.41 bits per heavy atom. The number of fused-ring (bicyclic) bond motifs is 1. The summed E-state index contributed by atoms with van der Waals surface area (Å²) in [4.78, 5) is 14.4. The maximum Gasteiger partial charge on any atom is 0.235 e. The van der Waals surface area contributed by atoms with Crippen LogP contribution in [0.1, 0.15) is 43.4 Å². The zero-order valence-electron chi connectivity index (χ0n) is 13.3. The lowest BCUT2D eigenvalue weighted by Crippen LogP contribution is -2.50. The third-order valence-corrected chi connectivity index (χ3v) is 5.05. The first-order valence-electron chi connectivity index (χ1n) is 8.04. The number of hydrogen-bond acceptors (Lipinski definition) is 3. The summed E-state index contributed by atoms with van der Waals surface area (Å²) < 4.78 is 0. The van der Waals surface area contributed by atoms with Crippen LogP contribution in [0, 0.1) is 17.2 Å². The smallest absolute Gasteiger partial charge is 0.235 e. The quantitative estimate of drug-likeness (QED) is 0.908. The van der Waals surface area contributed by atoms with E-state index in [1.165, 1.54) is 11.1 Å². The molecule has 2 unspecified atom stereocenters. The number of amides is 1. The third kappa shape index (κ3) is 2.86. The largest absolute Gasteiger partial charge is 0.337 e. The van der Waals surface area contributed by atoms with Crippen LogP contribution in [0.3, 0.4) is 0 Å². The number of likely N-dealkylation sites (N-methyl/N-ethyl adjacent to an activating group) is 1. The Bertz CT molecular complexity index is 617. The van der Waals surface area contributed by atoms with Gasteiger partial charge in [0.1, 0.15) is 5.54 Å². The van der Waals surface area contributed by atoms with Crippen molar-refractivity contribution in [3.05, 3.63) is 35.4 Å². The molecule has 4 heteroatoms. The van der Waals surface area contributed by atoms with Crippen molar-refractivity contribution in [1.29, 1.82) is 5.26 Å². The molecule has 1 amide bonds. The summed E-state index contributed by atoms with van der Waals surface area (Å²) >= 11 is 0. The van der Waals surface area contributed by atoms with Crippen LogP contribution >= 0.6 is 0 Å². The molecule has 3 rings (SSSR count). The van der Waals surface area contributed by atoms with Crippen molar-refractivity contribution in [2.45, 2.75) is 44.2 Å². The van der Waals surface area contributed by atoms with E-state index in [4.69, 9.17) is 0 Å². The van der Waals surface area contributed by atoms with Gasteiger partial charge in [0.25, 0.3) is 0 Å².